The van der Waals surface area contributed by atoms with E-state index in [1.807, 2.05) is 31.2 Å². The molecule has 0 saturated heterocycles. The number of benzene rings is 2. The number of nitrogens with one attached hydrogen (secondary N) is 1. The number of amides is 1. The molecule has 2 aromatic rings. The molecule has 2 N–H and O–H groups in total. The molecule has 1 amide bonds. The number of aryl methyl sites for hydroxylation is 1. The Morgan fingerprint density at radius 2 is 1.63 bits per heavy atom. The highest BCUT2D eigenvalue weighted by atomic mass is 31.2. The van der Waals surface area contributed by atoms with E-state index in [-0.39, 0.29) is 25.8 Å². The Kier molecular flexibility index (Phi) is 8.78. The van der Waals surface area contributed by atoms with Gasteiger partial charge in [0.1, 0.15) is 6.04 Å². The lowest BCUT2D eigenvalue weighted by Crippen LogP contribution is -2.42. The van der Waals surface area contributed by atoms with Crippen LogP contribution in [-0.2, 0) is 31.0 Å². The molecule has 0 aromatic heterocycles. The zero-order valence-corrected chi connectivity index (χ0v) is 18.4. The van der Waals surface area contributed by atoms with Crippen LogP contribution >= 0.6 is 7.60 Å². The SMILES string of the molecule is CCOP(=O)(Cc1ccc(C(=O)N[C@@H](Cc2ccccc2C)C(=O)O)cc1)OCC. The Morgan fingerprint density at radius 1 is 1.03 bits per heavy atom. The van der Waals surface area contributed by atoms with Crippen LogP contribution < -0.4 is 5.32 Å². The number of carbonyl (C=O) groups is 2. The number of hydrogen-bond acceptors (Lipinski definition) is 5. The van der Waals surface area contributed by atoms with Gasteiger partial charge < -0.3 is 19.5 Å². The van der Waals surface area contributed by atoms with E-state index in [9.17, 15) is 19.3 Å². The van der Waals surface area contributed by atoms with Gasteiger partial charge >= 0.3 is 13.6 Å². The van der Waals surface area contributed by atoms with Gasteiger partial charge in [-0.1, -0.05) is 36.4 Å². The fourth-order valence-corrected chi connectivity index (χ4v) is 4.71. The van der Waals surface area contributed by atoms with Gasteiger partial charge in [-0.25, -0.2) is 4.79 Å². The van der Waals surface area contributed by atoms with Crippen LogP contribution in [0.15, 0.2) is 48.5 Å². The van der Waals surface area contributed by atoms with Gasteiger partial charge in [-0.05, 0) is 49.6 Å². The second-order valence-corrected chi connectivity index (χ2v) is 8.85. The van der Waals surface area contributed by atoms with Crippen molar-refractivity contribution in [2.24, 2.45) is 0 Å². The maximum absolute atomic E-state index is 12.6. The van der Waals surface area contributed by atoms with Crippen LogP contribution in [0.4, 0.5) is 0 Å². The second-order valence-electron chi connectivity index (χ2n) is 6.80. The summed E-state index contributed by atoms with van der Waals surface area (Å²) < 4.78 is 23.2. The summed E-state index contributed by atoms with van der Waals surface area (Å²) >= 11 is 0. The third kappa shape index (κ3) is 6.80. The van der Waals surface area contributed by atoms with Crippen molar-refractivity contribution >= 4 is 19.5 Å². The summed E-state index contributed by atoms with van der Waals surface area (Å²) in [4.78, 5) is 24.2. The maximum atomic E-state index is 12.6. The Bertz CT molecular complexity index is 902. The summed E-state index contributed by atoms with van der Waals surface area (Å²) in [5, 5.41) is 12.1. The quantitative estimate of drug-likeness (QED) is 0.516. The fraction of sp³-hybridized carbons (Fsp3) is 0.364. The highest BCUT2D eigenvalue weighted by Gasteiger charge is 2.25. The molecule has 0 heterocycles. The van der Waals surface area contributed by atoms with E-state index in [4.69, 9.17) is 9.05 Å². The first kappa shape index (κ1) is 23.8. The molecule has 2 rings (SSSR count). The van der Waals surface area contributed by atoms with Gasteiger partial charge in [-0.2, -0.15) is 0 Å². The molecule has 30 heavy (non-hydrogen) atoms. The van der Waals surface area contributed by atoms with Crippen LogP contribution in [0, 0.1) is 6.92 Å². The normalized spacial score (nSPS) is 12.4. The molecule has 0 aliphatic rings. The number of carboxylic acids is 1. The first-order valence-electron chi connectivity index (χ1n) is 9.83. The van der Waals surface area contributed by atoms with Gasteiger partial charge in [-0.3, -0.25) is 9.36 Å². The topological polar surface area (TPSA) is 102 Å². The van der Waals surface area contributed by atoms with Gasteiger partial charge in [0.15, 0.2) is 0 Å². The van der Waals surface area contributed by atoms with Crippen molar-refractivity contribution in [3.05, 3.63) is 70.8 Å². The third-order valence-corrected chi connectivity index (χ3v) is 6.59. The van der Waals surface area contributed by atoms with Crippen molar-refractivity contribution in [2.75, 3.05) is 13.2 Å². The lowest BCUT2D eigenvalue weighted by molar-refractivity contribution is -0.139. The Morgan fingerprint density at radius 3 is 2.17 bits per heavy atom. The van der Waals surface area contributed by atoms with E-state index in [2.05, 4.69) is 5.32 Å². The van der Waals surface area contributed by atoms with Gasteiger partial charge in [0.25, 0.3) is 5.91 Å². The lowest BCUT2D eigenvalue weighted by Gasteiger charge is -2.17. The Labute approximate surface area is 176 Å². The molecule has 2 aromatic carbocycles. The van der Waals surface area contributed by atoms with Gasteiger partial charge in [0.05, 0.1) is 19.4 Å². The van der Waals surface area contributed by atoms with Crippen LogP contribution in [0.3, 0.4) is 0 Å². The van der Waals surface area contributed by atoms with Gasteiger partial charge in [0, 0.05) is 12.0 Å². The summed E-state index contributed by atoms with van der Waals surface area (Å²) in [6.07, 6.45) is 0.291. The molecule has 0 radical (unpaired) electrons. The molecule has 0 fully saturated rings. The molecule has 7 nitrogen and oxygen atoms in total. The molecule has 0 saturated carbocycles. The highest BCUT2D eigenvalue weighted by Crippen LogP contribution is 2.51. The fourth-order valence-electron chi connectivity index (χ4n) is 3.01. The van der Waals surface area contributed by atoms with Crippen LogP contribution in [0.1, 0.15) is 40.9 Å². The van der Waals surface area contributed by atoms with Crippen molar-refractivity contribution in [1.82, 2.24) is 5.32 Å². The first-order valence-corrected chi connectivity index (χ1v) is 11.6. The number of aliphatic carboxylic acids is 1. The minimum Gasteiger partial charge on any atom is -0.480 e. The summed E-state index contributed by atoms with van der Waals surface area (Å²) in [7, 11) is -3.24. The predicted molar refractivity (Wildman–Crippen MR) is 115 cm³/mol. The Hall–Kier alpha value is -2.47. The zero-order chi connectivity index (χ0) is 22.1. The van der Waals surface area contributed by atoms with E-state index in [1.165, 1.54) is 0 Å². The standard InChI is InChI=1S/C22H28NO6P/c1-4-28-30(27,29-5-2)15-17-10-12-18(13-11-17)21(24)23-20(22(25)26)14-19-9-7-6-8-16(19)3/h6-13,20H,4-5,14-15H2,1-3H3,(H,23,24)(H,25,26)/t20-/m0/s1. The number of carboxylic acid groups (broad SMARTS) is 1. The lowest BCUT2D eigenvalue weighted by atomic mass is 10.0. The van der Waals surface area contributed by atoms with Crippen molar-refractivity contribution in [3.8, 4) is 0 Å². The molecule has 8 heteroatoms. The number of carbonyl (C=O) groups excluding carboxylic acids is 1. The van der Waals surface area contributed by atoms with Crippen LogP contribution in [0.2, 0.25) is 0 Å². The summed E-state index contributed by atoms with van der Waals surface area (Å²) in [6, 6.07) is 12.9. The number of hydrogen-bond donors (Lipinski definition) is 2. The molecular formula is C22H28NO6P. The van der Waals surface area contributed by atoms with E-state index in [0.717, 1.165) is 11.1 Å². The molecule has 0 spiro atoms. The minimum absolute atomic E-state index is 0.0988. The van der Waals surface area contributed by atoms with Crippen LogP contribution in [-0.4, -0.2) is 36.2 Å². The average Bonchev–Trinajstić information content (AvgIpc) is 2.69. The van der Waals surface area contributed by atoms with Crippen molar-refractivity contribution in [3.63, 3.8) is 0 Å². The van der Waals surface area contributed by atoms with Crippen molar-refractivity contribution < 1.29 is 28.3 Å². The Balaban J connectivity index is 2.07. The molecule has 0 bridgehead atoms. The molecular weight excluding hydrogens is 405 g/mol. The minimum atomic E-state index is -3.24. The molecule has 0 unspecified atom stereocenters. The summed E-state index contributed by atoms with van der Waals surface area (Å²) in [5.41, 5.74) is 2.85. The van der Waals surface area contributed by atoms with Crippen molar-refractivity contribution in [2.45, 2.75) is 39.4 Å². The van der Waals surface area contributed by atoms with E-state index < -0.39 is 25.5 Å². The van der Waals surface area contributed by atoms with Crippen LogP contribution in [0.5, 0.6) is 0 Å². The maximum Gasteiger partial charge on any atom is 0.335 e. The molecule has 0 aliphatic heterocycles. The molecule has 162 valence electrons. The van der Waals surface area contributed by atoms with Gasteiger partial charge in [0.2, 0.25) is 0 Å². The molecule has 1 atom stereocenters. The molecule has 0 aliphatic carbocycles. The van der Waals surface area contributed by atoms with Crippen molar-refractivity contribution in [1.29, 1.82) is 0 Å². The van der Waals surface area contributed by atoms with E-state index >= 15 is 0 Å². The average molecular weight is 433 g/mol. The highest BCUT2D eigenvalue weighted by molar-refractivity contribution is 7.53. The van der Waals surface area contributed by atoms with E-state index in [1.54, 1.807) is 38.1 Å². The largest absolute Gasteiger partial charge is 0.480 e. The third-order valence-electron chi connectivity index (χ3n) is 4.53. The monoisotopic (exact) mass is 433 g/mol. The van der Waals surface area contributed by atoms with E-state index in [0.29, 0.717) is 11.1 Å². The summed E-state index contributed by atoms with van der Waals surface area (Å²) in [6.45, 7) is 5.94. The zero-order valence-electron chi connectivity index (χ0n) is 17.5. The first-order chi connectivity index (χ1) is 14.3. The summed E-state index contributed by atoms with van der Waals surface area (Å²) in [5.74, 6) is -1.59. The smallest absolute Gasteiger partial charge is 0.335 e. The number of rotatable bonds is 11. The van der Waals surface area contributed by atoms with Crippen LogP contribution in [0.25, 0.3) is 0 Å². The second kappa shape index (κ2) is 11.1. The van der Waals surface area contributed by atoms with Gasteiger partial charge in [-0.15, -0.1) is 0 Å². The predicted octanol–water partition coefficient (Wildman–Crippen LogP) is 4.19.